The number of nitrogens with zero attached hydrogens (tertiary/aromatic N) is 1. The Hall–Kier alpha value is -2.46. The molecule has 23 heavy (non-hydrogen) atoms. The number of aromatic amines is 1. The second-order valence-electron chi connectivity index (χ2n) is 6.42. The predicted octanol–water partition coefficient (Wildman–Crippen LogP) is 3.14. The van der Waals surface area contributed by atoms with Gasteiger partial charge in [0.25, 0.3) is 11.9 Å². The van der Waals surface area contributed by atoms with E-state index < -0.39 is 0 Å². The Bertz CT molecular complexity index is 972. The van der Waals surface area contributed by atoms with Gasteiger partial charge in [-0.2, -0.15) is 4.57 Å². The lowest BCUT2D eigenvalue weighted by Crippen LogP contribution is -2.56. The van der Waals surface area contributed by atoms with Crippen molar-refractivity contribution < 1.29 is 14.1 Å². The lowest BCUT2D eigenvalue weighted by molar-refractivity contribution is -0.771. The van der Waals surface area contributed by atoms with Gasteiger partial charge in [0.15, 0.2) is 6.20 Å². The number of pyridine rings is 1. The lowest BCUT2D eigenvalue weighted by atomic mass is 9.80. The van der Waals surface area contributed by atoms with E-state index in [0.29, 0.717) is 6.61 Å². The molecule has 0 amide bonds. The van der Waals surface area contributed by atoms with Crippen LogP contribution >= 0.6 is 0 Å². The lowest BCUT2D eigenvalue weighted by Gasteiger charge is -2.34. The number of carbonyl (C=O) groups excluding carboxylic acids is 1. The largest absolute Gasteiger partial charge is 0.349 e. The van der Waals surface area contributed by atoms with Gasteiger partial charge in [0.1, 0.15) is 5.52 Å². The summed E-state index contributed by atoms with van der Waals surface area (Å²) < 4.78 is 7.97. The minimum absolute atomic E-state index is 0.0248. The van der Waals surface area contributed by atoms with E-state index in [-0.39, 0.29) is 23.8 Å². The van der Waals surface area contributed by atoms with Gasteiger partial charge in [-0.3, -0.25) is 4.79 Å². The molecule has 4 heteroatoms. The Morgan fingerprint density at radius 3 is 3.00 bits per heavy atom. The van der Waals surface area contributed by atoms with Crippen molar-refractivity contribution in [3.63, 3.8) is 0 Å². The van der Waals surface area contributed by atoms with Crippen LogP contribution in [0.15, 0.2) is 49.2 Å². The zero-order valence-electron chi connectivity index (χ0n) is 12.7. The van der Waals surface area contributed by atoms with Gasteiger partial charge < -0.3 is 9.72 Å². The van der Waals surface area contributed by atoms with Gasteiger partial charge in [0.2, 0.25) is 5.78 Å². The molecular weight excluding hydrogens is 288 g/mol. The molecule has 2 aliphatic rings. The average Bonchev–Trinajstić information content (AvgIpc) is 2.98. The summed E-state index contributed by atoms with van der Waals surface area (Å²) in [6, 6.07) is 10.2. The highest BCUT2D eigenvalue weighted by Crippen LogP contribution is 2.38. The van der Waals surface area contributed by atoms with Crippen molar-refractivity contribution in [2.24, 2.45) is 11.8 Å². The molecule has 0 saturated carbocycles. The maximum Gasteiger partial charge on any atom is 0.275 e. The molecule has 2 aliphatic heterocycles. The van der Waals surface area contributed by atoms with E-state index in [4.69, 9.17) is 4.74 Å². The van der Waals surface area contributed by atoms with Crippen LogP contribution < -0.4 is 4.57 Å². The van der Waals surface area contributed by atoms with Crippen molar-refractivity contribution in [1.82, 2.24) is 4.98 Å². The van der Waals surface area contributed by atoms with Gasteiger partial charge >= 0.3 is 0 Å². The van der Waals surface area contributed by atoms with Gasteiger partial charge in [-0.15, -0.1) is 6.58 Å². The molecule has 0 spiro atoms. The van der Waals surface area contributed by atoms with Gasteiger partial charge in [-0.1, -0.05) is 24.3 Å². The minimum Gasteiger partial charge on any atom is -0.349 e. The molecular formula is C19H17N2O2+. The molecule has 114 valence electrons. The molecule has 4 nitrogen and oxygen atoms in total. The van der Waals surface area contributed by atoms with Crippen molar-refractivity contribution in [2.45, 2.75) is 12.6 Å². The quantitative estimate of drug-likeness (QED) is 0.554. The normalized spacial score (nSPS) is 26.4. The summed E-state index contributed by atoms with van der Waals surface area (Å²) >= 11 is 0. The van der Waals surface area contributed by atoms with E-state index in [9.17, 15) is 4.79 Å². The third kappa shape index (κ3) is 1.64. The summed E-state index contributed by atoms with van der Waals surface area (Å²) in [4.78, 5) is 16.6. The highest BCUT2D eigenvalue weighted by molar-refractivity contribution is 6.14. The summed E-state index contributed by atoms with van der Waals surface area (Å²) in [5, 5.41) is 2.24. The molecule has 2 aromatic heterocycles. The zero-order chi connectivity index (χ0) is 15.6. The smallest absolute Gasteiger partial charge is 0.275 e. The van der Waals surface area contributed by atoms with Crippen LogP contribution in [0.25, 0.3) is 21.8 Å². The van der Waals surface area contributed by atoms with Gasteiger partial charge in [-0.25, -0.2) is 0 Å². The molecule has 3 atom stereocenters. The Morgan fingerprint density at radius 1 is 1.26 bits per heavy atom. The number of benzene rings is 1. The molecule has 1 aromatic carbocycles. The van der Waals surface area contributed by atoms with E-state index in [0.717, 1.165) is 33.9 Å². The molecule has 0 aliphatic carbocycles. The van der Waals surface area contributed by atoms with Crippen LogP contribution in [0.5, 0.6) is 0 Å². The maximum atomic E-state index is 13.1. The molecule has 4 heterocycles. The monoisotopic (exact) mass is 305 g/mol. The number of para-hydroxylation sites is 1. The van der Waals surface area contributed by atoms with E-state index in [2.05, 4.69) is 23.7 Å². The number of Topliss-reactive ketones (excluding diaryl/α,β-unsaturated/α-hetero) is 1. The highest BCUT2D eigenvalue weighted by Gasteiger charge is 2.48. The van der Waals surface area contributed by atoms with Gasteiger partial charge in [0, 0.05) is 40.6 Å². The van der Waals surface area contributed by atoms with Crippen LogP contribution in [0.1, 0.15) is 23.1 Å². The highest BCUT2D eigenvalue weighted by atomic mass is 16.5. The van der Waals surface area contributed by atoms with Crippen LogP contribution in [0.3, 0.4) is 0 Å². The number of H-pyrrole nitrogens is 1. The molecule has 0 unspecified atom stereocenters. The Morgan fingerprint density at radius 2 is 2.13 bits per heavy atom. The second kappa shape index (κ2) is 4.52. The summed E-state index contributed by atoms with van der Waals surface area (Å²) in [6.45, 7) is 4.44. The number of hydrogen-bond donors (Lipinski definition) is 1. The van der Waals surface area contributed by atoms with Crippen molar-refractivity contribution in [1.29, 1.82) is 0 Å². The van der Waals surface area contributed by atoms with Crippen LogP contribution in [0, 0.1) is 11.8 Å². The number of ketones is 1. The molecule has 3 aromatic rings. The average molecular weight is 305 g/mol. The topological polar surface area (TPSA) is 46.0 Å². The minimum atomic E-state index is -0.0558. The van der Waals surface area contributed by atoms with Crippen molar-refractivity contribution >= 4 is 27.6 Å². The number of ether oxygens (including phenoxy) is 1. The van der Waals surface area contributed by atoms with Crippen LogP contribution in [0.2, 0.25) is 0 Å². The standard InChI is InChI=1S/C19H16N2O2/c1-2-11-10-23-16-9-14(11)19(22)18-17-13(7-8-21(16)18)12-5-3-4-6-15(12)20-17/h2-8,11,14,16H,1,9-10H2/p+1/t11-,14+,16-/m0/s1. The fourth-order valence-corrected chi connectivity index (χ4v) is 4.07. The van der Waals surface area contributed by atoms with E-state index in [1.807, 2.05) is 35.0 Å². The number of rotatable bonds is 1. The third-order valence-corrected chi connectivity index (χ3v) is 5.28. The fourth-order valence-electron chi connectivity index (χ4n) is 4.07. The van der Waals surface area contributed by atoms with Crippen molar-refractivity contribution in [3.05, 3.63) is 54.9 Å². The summed E-state index contributed by atoms with van der Waals surface area (Å²) in [6.07, 6.45) is 4.53. The predicted molar refractivity (Wildman–Crippen MR) is 87.1 cm³/mol. The Kier molecular flexibility index (Phi) is 2.56. The first-order valence-electron chi connectivity index (χ1n) is 8.01. The first-order valence-corrected chi connectivity index (χ1v) is 8.01. The van der Waals surface area contributed by atoms with Crippen molar-refractivity contribution in [2.75, 3.05) is 6.61 Å². The SMILES string of the molecule is C=C[C@H]1CO[C@H]2C[C@H]1C(=O)c1c3[nH]c4ccccc4c3cc[n+]12. The Balaban J connectivity index is 1.83. The maximum absolute atomic E-state index is 13.1. The van der Waals surface area contributed by atoms with Gasteiger partial charge in [0.05, 0.1) is 6.61 Å². The molecule has 0 radical (unpaired) electrons. The van der Waals surface area contributed by atoms with Crippen molar-refractivity contribution in [3.8, 4) is 0 Å². The fraction of sp³-hybridized carbons (Fsp3) is 0.263. The first-order chi connectivity index (χ1) is 11.3. The third-order valence-electron chi connectivity index (χ3n) is 5.28. The number of nitrogens with one attached hydrogen (secondary N) is 1. The molecule has 1 fully saturated rings. The number of hydrogen-bond acceptors (Lipinski definition) is 2. The molecule has 5 rings (SSSR count). The number of carbonyl (C=O) groups is 1. The molecule has 1 N–H and O–H groups in total. The van der Waals surface area contributed by atoms with Crippen LogP contribution in [-0.4, -0.2) is 17.4 Å². The van der Waals surface area contributed by atoms with Gasteiger partial charge in [-0.05, 0) is 6.07 Å². The van der Waals surface area contributed by atoms with Crippen LogP contribution in [0.4, 0.5) is 0 Å². The van der Waals surface area contributed by atoms with Crippen LogP contribution in [-0.2, 0) is 4.74 Å². The van der Waals surface area contributed by atoms with E-state index in [1.165, 1.54) is 0 Å². The summed E-state index contributed by atoms with van der Waals surface area (Å²) in [5.74, 6) is 0.280. The first kappa shape index (κ1) is 13.0. The molecule has 2 bridgehead atoms. The summed E-state index contributed by atoms with van der Waals surface area (Å²) in [7, 11) is 0. The number of aromatic nitrogens is 2. The zero-order valence-corrected chi connectivity index (χ0v) is 12.7. The summed E-state index contributed by atoms with van der Waals surface area (Å²) in [5.41, 5.74) is 2.72. The van der Waals surface area contributed by atoms with E-state index >= 15 is 0 Å². The Labute approximate surface area is 133 Å². The second-order valence-corrected chi connectivity index (χ2v) is 6.42. The molecule has 1 saturated heterocycles. The number of fused-ring (bicyclic) bond motifs is 8. The van der Waals surface area contributed by atoms with E-state index in [1.54, 1.807) is 0 Å².